The van der Waals surface area contributed by atoms with Gasteiger partial charge in [-0.3, -0.25) is 0 Å². The predicted molar refractivity (Wildman–Crippen MR) is 136 cm³/mol. The molecule has 1 atom stereocenters. The number of nitrogens with one attached hydrogen (secondary N) is 1. The van der Waals surface area contributed by atoms with E-state index in [4.69, 9.17) is 13.9 Å². The van der Waals surface area contributed by atoms with Crippen LogP contribution >= 0.6 is 0 Å². The maximum atomic E-state index is 12.7. The molecule has 0 bridgehead atoms. The lowest BCUT2D eigenvalue weighted by molar-refractivity contribution is -0.135. The molecule has 1 heterocycles. The monoisotopic (exact) mass is 507 g/mol. The van der Waals surface area contributed by atoms with Crippen molar-refractivity contribution < 1.29 is 27.1 Å². The minimum absolute atomic E-state index is 0.0440. The molecule has 0 fully saturated rings. The zero-order chi connectivity index (χ0) is 26.0. The molecule has 0 saturated carbocycles. The largest absolute Gasteiger partial charge is 0.497 e. The summed E-state index contributed by atoms with van der Waals surface area (Å²) < 4.78 is 43.7. The van der Waals surface area contributed by atoms with Gasteiger partial charge < -0.3 is 13.9 Å². The van der Waals surface area contributed by atoms with E-state index >= 15 is 0 Å². The zero-order valence-electron chi connectivity index (χ0n) is 20.2. The molecule has 3 aromatic carbocycles. The van der Waals surface area contributed by atoms with E-state index in [-0.39, 0.29) is 16.2 Å². The first-order valence-electron chi connectivity index (χ1n) is 11.1. The maximum Gasteiger partial charge on any atom is 0.336 e. The molecule has 0 aliphatic rings. The summed E-state index contributed by atoms with van der Waals surface area (Å²) >= 11 is 0. The predicted octanol–water partition coefficient (Wildman–Crippen LogP) is 4.36. The molecule has 8 nitrogen and oxygen atoms in total. The Balaban J connectivity index is 1.61. The van der Waals surface area contributed by atoms with Gasteiger partial charge >= 0.3 is 11.6 Å². The number of aryl methyl sites for hydroxylation is 2. The first-order chi connectivity index (χ1) is 17.1. The van der Waals surface area contributed by atoms with Crippen molar-refractivity contribution in [3.63, 3.8) is 0 Å². The minimum Gasteiger partial charge on any atom is -0.497 e. The number of ether oxygens (including phenoxy) is 2. The van der Waals surface area contributed by atoms with E-state index < -0.39 is 27.7 Å². The highest BCUT2D eigenvalue weighted by Crippen LogP contribution is 2.34. The molecule has 4 aromatic rings. The van der Waals surface area contributed by atoms with E-state index in [1.54, 1.807) is 50.4 Å². The van der Waals surface area contributed by atoms with Crippen molar-refractivity contribution in [1.82, 2.24) is 4.72 Å². The average Bonchev–Trinajstić information content (AvgIpc) is 2.85. The van der Waals surface area contributed by atoms with Crippen LogP contribution in [0.15, 0.2) is 80.8 Å². The molecule has 0 aliphatic carbocycles. The second-order valence-electron chi connectivity index (χ2n) is 8.35. The van der Waals surface area contributed by atoms with Gasteiger partial charge in [0.05, 0.1) is 12.0 Å². The molecule has 0 amide bonds. The van der Waals surface area contributed by atoms with Crippen molar-refractivity contribution in [2.45, 2.75) is 31.7 Å². The third kappa shape index (κ3) is 5.17. The lowest BCUT2D eigenvalue weighted by atomic mass is 10.00. The van der Waals surface area contributed by atoms with Crippen LogP contribution in [0.2, 0.25) is 0 Å². The number of fused-ring (bicyclic) bond motifs is 1. The second-order valence-corrected chi connectivity index (χ2v) is 10.1. The summed E-state index contributed by atoms with van der Waals surface area (Å²) in [5.41, 5.74) is 2.50. The van der Waals surface area contributed by atoms with Gasteiger partial charge in [0.2, 0.25) is 10.0 Å². The molecule has 0 spiro atoms. The van der Waals surface area contributed by atoms with Gasteiger partial charge in [0.25, 0.3) is 0 Å². The lowest BCUT2D eigenvalue weighted by Gasteiger charge is -2.16. The van der Waals surface area contributed by atoms with Gasteiger partial charge in [-0.2, -0.15) is 4.72 Å². The summed E-state index contributed by atoms with van der Waals surface area (Å²) in [4.78, 5) is 25.1. The Morgan fingerprint density at radius 1 is 0.972 bits per heavy atom. The molecule has 1 aromatic heterocycles. The Kier molecular flexibility index (Phi) is 6.96. The van der Waals surface area contributed by atoms with Gasteiger partial charge in [-0.15, -0.1) is 0 Å². The number of carbonyl (C=O) groups excluding carboxylic acids is 1. The molecule has 1 unspecified atom stereocenters. The second kappa shape index (κ2) is 9.96. The number of hydrogen-bond acceptors (Lipinski definition) is 7. The van der Waals surface area contributed by atoms with Crippen LogP contribution in [0.3, 0.4) is 0 Å². The summed E-state index contributed by atoms with van der Waals surface area (Å²) in [7, 11) is -2.35. The standard InChI is InChI=1S/C27H25NO7S/c1-16-5-11-21(12-6-16)36(31,32)28-18(3)27(30)34-24-14-13-22-23(15-25(29)35-26(22)17(24)2)19-7-9-20(33-4)10-8-19/h5-15,18,28H,1-4H3. The van der Waals surface area contributed by atoms with E-state index in [2.05, 4.69) is 4.72 Å². The van der Waals surface area contributed by atoms with Gasteiger partial charge in [-0.1, -0.05) is 29.8 Å². The number of carbonyl (C=O) groups is 1. The summed E-state index contributed by atoms with van der Waals surface area (Å²) in [5, 5.41) is 0.658. The highest BCUT2D eigenvalue weighted by Gasteiger charge is 2.24. The average molecular weight is 508 g/mol. The number of hydrogen-bond donors (Lipinski definition) is 1. The Bertz CT molecular complexity index is 1590. The number of benzene rings is 3. The number of rotatable bonds is 7. The van der Waals surface area contributed by atoms with Gasteiger partial charge in [-0.25, -0.2) is 18.0 Å². The summed E-state index contributed by atoms with van der Waals surface area (Å²) in [5.74, 6) is 0.0363. The number of esters is 1. The van der Waals surface area contributed by atoms with E-state index in [9.17, 15) is 18.0 Å². The number of methoxy groups -OCH3 is 1. The highest BCUT2D eigenvalue weighted by atomic mass is 32.2. The van der Waals surface area contributed by atoms with Crippen LogP contribution in [0.4, 0.5) is 0 Å². The molecule has 9 heteroatoms. The Hall–Kier alpha value is -3.95. The van der Waals surface area contributed by atoms with Crippen molar-refractivity contribution >= 4 is 27.0 Å². The van der Waals surface area contributed by atoms with Gasteiger partial charge in [-0.05, 0) is 68.3 Å². The van der Waals surface area contributed by atoms with Crippen molar-refractivity contribution in [2.75, 3.05) is 7.11 Å². The molecule has 0 aliphatic heterocycles. The van der Waals surface area contributed by atoms with Crippen LogP contribution in [-0.4, -0.2) is 27.5 Å². The fraction of sp³-hybridized carbons (Fsp3) is 0.185. The van der Waals surface area contributed by atoms with Crippen molar-refractivity contribution in [3.05, 3.63) is 88.3 Å². The molecule has 1 N–H and O–H groups in total. The smallest absolute Gasteiger partial charge is 0.336 e. The fourth-order valence-electron chi connectivity index (χ4n) is 3.73. The van der Waals surface area contributed by atoms with E-state index in [1.807, 2.05) is 19.1 Å². The minimum atomic E-state index is -3.92. The van der Waals surface area contributed by atoms with Gasteiger partial charge in [0.15, 0.2) is 0 Å². The normalized spacial score (nSPS) is 12.3. The molecule has 0 radical (unpaired) electrons. The van der Waals surface area contributed by atoms with Crippen molar-refractivity contribution in [1.29, 1.82) is 0 Å². The fourth-order valence-corrected chi connectivity index (χ4v) is 4.92. The lowest BCUT2D eigenvalue weighted by Crippen LogP contribution is -2.40. The summed E-state index contributed by atoms with van der Waals surface area (Å²) in [6.45, 7) is 4.90. The highest BCUT2D eigenvalue weighted by molar-refractivity contribution is 7.89. The van der Waals surface area contributed by atoms with Gasteiger partial charge in [0, 0.05) is 17.0 Å². The van der Waals surface area contributed by atoms with Crippen molar-refractivity contribution in [2.24, 2.45) is 0 Å². The van der Waals surface area contributed by atoms with E-state index in [0.29, 0.717) is 22.3 Å². The van der Waals surface area contributed by atoms with Crippen LogP contribution in [0.25, 0.3) is 22.1 Å². The number of sulfonamides is 1. The van der Waals surface area contributed by atoms with Crippen LogP contribution < -0.4 is 19.8 Å². The molecular formula is C27H25NO7S. The van der Waals surface area contributed by atoms with E-state index in [0.717, 1.165) is 11.1 Å². The molecule has 4 rings (SSSR count). The van der Waals surface area contributed by atoms with Crippen molar-refractivity contribution in [3.8, 4) is 22.6 Å². The third-order valence-corrected chi connectivity index (χ3v) is 7.30. The van der Waals surface area contributed by atoms with Crippen LogP contribution in [0.5, 0.6) is 11.5 Å². The zero-order valence-corrected chi connectivity index (χ0v) is 21.0. The van der Waals surface area contributed by atoms with E-state index in [1.165, 1.54) is 25.1 Å². The summed E-state index contributed by atoms with van der Waals surface area (Å²) in [6.07, 6.45) is 0. The van der Waals surface area contributed by atoms with Crippen LogP contribution in [-0.2, 0) is 14.8 Å². The maximum absolute atomic E-state index is 12.7. The third-order valence-electron chi connectivity index (χ3n) is 5.74. The topological polar surface area (TPSA) is 112 Å². The Morgan fingerprint density at radius 2 is 1.64 bits per heavy atom. The Morgan fingerprint density at radius 3 is 2.28 bits per heavy atom. The first kappa shape index (κ1) is 25.2. The first-order valence-corrected chi connectivity index (χ1v) is 12.6. The van der Waals surface area contributed by atoms with Gasteiger partial charge in [0.1, 0.15) is 23.1 Å². The Labute approximate surface area is 208 Å². The molecule has 36 heavy (non-hydrogen) atoms. The molecule has 186 valence electrons. The molecule has 0 saturated heterocycles. The van der Waals surface area contributed by atoms with Crippen LogP contribution in [0.1, 0.15) is 18.1 Å². The molecular weight excluding hydrogens is 482 g/mol. The summed E-state index contributed by atoms with van der Waals surface area (Å²) in [6, 6.07) is 17.0. The quantitative estimate of drug-likeness (QED) is 0.225. The SMILES string of the molecule is COc1ccc(-c2cc(=O)oc3c(C)c(OC(=O)C(C)NS(=O)(=O)c4ccc(C)cc4)ccc23)cc1. The van der Waals surface area contributed by atoms with Crippen LogP contribution in [0, 0.1) is 13.8 Å².